The highest BCUT2D eigenvalue weighted by Crippen LogP contribution is 2.34. The van der Waals surface area contributed by atoms with Gasteiger partial charge < -0.3 is 15.7 Å². The van der Waals surface area contributed by atoms with E-state index in [4.69, 9.17) is 16.1 Å². The van der Waals surface area contributed by atoms with Gasteiger partial charge in [0.25, 0.3) is 0 Å². The Hall–Kier alpha value is -1.83. The summed E-state index contributed by atoms with van der Waals surface area (Å²) in [5.74, 6) is 0. The molecule has 0 saturated heterocycles. The largest absolute Gasteiger partial charge is 0.395 e. The number of anilines is 1. The maximum atomic E-state index is 9.05. The van der Waals surface area contributed by atoms with E-state index in [1.807, 2.05) is 30.0 Å². The topological polar surface area (TPSA) is 73.3 Å². The minimum Gasteiger partial charge on any atom is -0.395 e. The maximum absolute atomic E-state index is 9.05. The van der Waals surface area contributed by atoms with Crippen LogP contribution in [0.3, 0.4) is 0 Å². The van der Waals surface area contributed by atoms with Gasteiger partial charge in [-0.25, -0.2) is 0 Å². The Kier molecular flexibility index (Phi) is 3.14. The second-order valence-corrected chi connectivity index (χ2v) is 4.17. The Balaban J connectivity index is 2.51. The zero-order valence-electron chi connectivity index (χ0n) is 9.77. The highest BCUT2D eigenvalue weighted by atomic mass is 16.3. The number of nitrogens with two attached hydrogens (primary N) is 1. The van der Waals surface area contributed by atoms with E-state index in [0.29, 0.717) is 12.1 Å². The van der Waals surface area contributed by atoms with Crippen molar-refractivity contribution in [2.75, 3.05) is 18.1 Å². The number of rotatable bonds is 2. The van der Waals surface area contributed by atoms with Gasteiger partial charge in [-0.05, 0) is 18.6 Å². The first-order valence-corrected chi connectivity index (χ1v) is 5.55. The summed E-state index contributed by atoms with van der Waals surface area (Å²) in [7, 11) is 0. The van der Waals surface area contributed by atoms with Crippen molar-refractivity contribution >= 4 is 5.69 Å². The Morgan fingerprint density at radius 2 is 2.29 bits per heavy atom. The molecule has 0 saturated carbocycles. The molecule has 1 atom stereocenters. The van der Waals surface area contributed by atoms with Crippen molar-refractivity contribution in [1.82, 2.24) is 0 Å². The molecule has 1 aliphatic heterocycles. The first-order chi connectivity index (χ1) is 8.17. The molecule has 17 heavy (non-hydrogen) atoms. The Morgan fingerprint density at radius 3 is 2.94 bits per heavy atom. The second kappa shape index (κ2) is 4.58. The zero-order chi connectivity index (χ0) is 12.4. The molecule has 1 aliphatic rings. The SMILES string of the molecule is Cc1ccc2c(c1)C(N)C(C#[NH+])=CN2CCO. The number of nitrogens with one attached hydrogen (secondary N) is 1. The fourth-order valence-electron chi connectivity index (χ4n) is 2.07. The van der Waals surface area contributed by atoms with Gasteiger partial charge in [-0.1, -0.05) is 23.0 Å². The van der Waals surface area contributed by atoms with Gasteiger partial charge in [-0.3, -0.25) is 0 Å². The highest BCUT2D eigenvalue weighted by molar-refractivity contribution is 5.64. The monoisotopic (exact) mass is 230 g/mol. The summed E-state index contributed by atoms with van der Waals surface area (Å²) >= 11 is 0. The molecule has 1 aromatic carbocycles. The minimum atomic E-state index is -0.308. The molecule has 88 valence electrons. The van der Waals surface area contributed by atoms with Gasteiger partial charge in [0.1, 0.15) is 5.57 Å². The van der Waals surface area contributed by atoms with Crippen LogP contribution < -0.4 is 15.9 Å². The van der Waals surface area contributed by atoms with E-state index in [2.05, 4.69) is 6.07 Å². The number of hydrogen-bond donors (Lipinski definition) is 3. The molecule has 0 aliphatic carbocycles. The number of β-amino-alcohol motifs (C(OH)–C–C–N with tert-alkyl or cyclic N) is 1. The van der Waals surface area contributed by atoms with Crippen molar-refractivity contribution in [3.63, 3.8) is 0 Å². The van der Waals surface area contributed by atoms with Crippen molar-refractivity contribution in [3.8, 4) is 6.07 Å². The normalized spacial score (nSPS) is 18.4. The number of hydrogen-bond acceptors (Lipinski definition) is 3. The number of aryl methyl sites for hydroxylation is 1. The van der Waals surface area contributed by atoms with Crippen LogP contribution >= 0.6 is 0 Å². The van der Waals surface area contributed by atoms with Gasteiger partial charge in [-0.15, -0.1) is 0 Å². The summed E-state index contributed by atoms with van der Waals surface area (Å²) in [6.07, 6.45) is 1.78. The Bertz CT molecular complexity index is 502. The fraction of sp³-hybridized carbons (Fsp3) is 0.308. The van der Waals surface area contributed by atoms with Crippen LogP contribution in [0.15, 0.2) is 30.0 Å². The maximum Gasteiger partial charge on any atom is 0.307 e. The molecular formula is C13H16N3O+. The molecule has 2 rings (SSSR count). The van der Waals surface area contributed by atoms with Crippen LogP contribution in [-0.4, -0.2) is 18.3 Å². The van der Waals surface area contributed by atoms with Crippen LogP contribution in [0.1, 0.15) is 17.2 Å². The van der Waals surface area contributed by atoms with Crippen LogP contribution in [0.2, 0.25) is 0 Å². The molecule has 0 fully saturated rings. The zero-order valence-corrected chi connectivity index (χ0v) is 9.77. The quantitative estimate of drug-likeness (QED) is 0.639. The first kappa shape index (κ1) is 11.6. The summed E-state index contributed by atoms with van der Waals surface area (Å²) < 4.78 is 0. The fourth-order valence-corrected chi connectivity index (χ4v) is 2.07. The Labute approximate surface area is 101 Å². The summed E-state index contributed by atoms with van der Waals surface area (Å²) in [4.78, 5) is 1.91. The lowest BCUT2D eigenvalue weighted by molar-refractivity contribution is -0.0916. The molecule has 1 heterocycles. The van der Waals surface area contributed by atoms with E-state index in [1.165, 1.54) is 0 Å². The summed E-state index contributed by atoms with van der Waals surface area (Å²) in [5, 5.41) is 16.3. The number of aliphatic hydroxyl groups excluding tert-OH is 1. The Morgan fingerprint density at radius 1 is 1.53 bits per heavy atom. The van der Waals surface area contributed by atoms with Gasteiger partial charge in [-0.2, -0.15) is 0 Å². The lowest BCUT2D eigenvalue weighted by Crippen LogP contribution is -2.32. The lowest BCUT2D eigenvalue weighted by Gasteiger charge is -2.30. The third-order valence-electron chi connectivity index (χ3n) is 2.94. The van der Waals surface area contributed by atoms with E-state index in [1.54, 1.807) is 6.20 Å². The number of aliphatic hydroxyl groups is 1. The molecular weight excluding hydrogens is 214 g/mol. The van der Waals surface area contributed by atoms with Gasteiger partial charge in [0.05, 0.1) is 12.6 Å². The standard InChI is InChI=1S/C13H15N3O/c1-9-2-3-12-11(6-9)13(15)10(7-14)8-16(12)4-5-17/h2-3,6,8,13,17H,4-5,15H2,1H3/p+1. The van der Waals surface area contributed by atoms with Crippen LogP contribution in [0.4, 0.5) is 5.69 Å². The molecule has 4 nitrogen and oxygen atoms in total. The molecule has 1 aromatic rings. The van der Waals surface area contributed by atoms with Crippen molar-refractivity contribution < 1.29 is 10.4 Å². The molecule has 4 heteroatoms. The average Bonchev–Trinajstić information content (AvgIpc) is 2.33. The van der Waals surface area contributed by atoms with Gasteiger partial charge >= 0.3 is 6.07 Å². The van der Waals surface area contributed by atoms with E-state index in [9.17, 15) is 0 Å². The van der Waals surface area contributed by atoms with Gasteiger partial charge in [0.15, 0.2) is 0 Å². The molecule has 0 radical (unpaired) electrons. The van der Waals surface area contributed by atoms with E-state index >= 15 is 0 Å². The molecule has 0 amide bonds. The van der Waals surface area contributed by atoms with Crippen LogP contribution in [0.5, 0.6) is 0 Å². The van der Waals surface area contributed by atoms with Crippen LogP contribution in [0, 0.1) is 13.0 Å². The summed E-state index contributed by atoms with van der Waals surface area (Å²) in [5.41, 5.74) is 9.84. The average molecular weight is 230 g/mol. The number of nitrogens with zero attached hydrogens (tertiary/aromatic N) is 1. The van der Waals surface area contributed by atoms with Crippen molar-refractivity contribution in [3.05, 3.63) is 41.1 Å². The highest BCUT2D eigenvalue weighted by Gasteiger charge is 2.25. The third-order valence-corrected chi connectivity index (χ3v) is 2.94. The lowest BCUT2D eigenvalue weighted by atomic mass is 9.94. The predicted molar refractivity (Wildman–Crippen MR) is 65.5 cm³/mol. The summed E-state index contributed by atoms with van der Waals surface area (Å²) in [6, 6.07) is 8.09. The molecule has 0 spiro atoms. The van der Waals surface area contributed by atoms with Crippen LogP contribution in [-0.2, 0) is 0 Å². The molecule has 1 unspecified atom stereocenters. The minimum absolute atomic E-state index is 0.0599. The predicted octanol–water partition coefficient (Wildman–Crippen LogP) is -0.536. The van der Waals surface area contributed by atoms with Crippen LogP contribution in [0.25, 0.3) is 0 Å². The van der Waals surface area contributed by atoms with Crippen molar-refractivity contribution in [1.29, 1.82) is 0 Å². The van der Waals surface area contributed by atoms with Gasteiger partial charge in [0, 0.05) is 18.4 Å². The van der Waals surface area contributed by atoms with Gasteiger partial charge in [0.2, 0.25) is 0 Å². The third kappa shape index (κ3) is 2.03. The van der Waals surface area contributed by atoms with Crippen molar-refractivity contribution in [2.45, 2.75) is 13.0 Å². The molecule has 4 N–H and O–H groups in total. The first-order valence-electron chi connectivity index (χ1n) is 5.55. The number of benzene rings is 1. The second-order valence-electron chi connectivity index (χ2n) is 4.17. The van der Waals surface area contributed by atoms with E-state index < -0.39 is 0 Å². The molecule has 0 aromatic heterocycles. The molecule has 0 bridgehead atoms. The van der Waals surface area contributed by atoms with E-state index in [0.717, 1.165) is 16.8 Å². The number of fused-ring (bicyclic) bond motifs is 1. The smallest absolute Gasteiger partial charge is 0.307 e. The summed E-state index contributed by atoms with van der Waals surface area (Å²) in [6.45, 7) is 2.56. The van der Waals surface area contributed by atoms with Crippen molar-refractivity contribution in [2.24, 2.45) is 5.73 Å². The van der Waals surface area contributed by atoms with E-state index in [-0.39, 0.29) is 12.6 Å².